The van der Waals surface area contributed by atoms with Crippen LogP contribution in [0, 0.1) is 6.92 Å². The Hall–Kier alpha value is -1.19. The Morgan fingerprint density at radius 2 is 2.00 bits per heavy atom. The largest absolute Gasteiger partial charge is 0.357 e. The highest BCUT2D eigenvalue weighted by Gasteiger charge is 2.20. The maximum atomic E-state index is 4.74. The number of nitrogens with zero attached hydrogens (tertiary/aromatic N) is 3. The van der Waals surface area contributed by atoms with E-state index in [-0.39, 0.29) is 24.0 Å². The summed E-state index contributed by atoms with van der Waals surface area (Å²) in [4.78, 5) is 11.8. The molecule has 0 bridgehead atoms. The van der Waals surface area contributed by atoms with E-state index in [0.29, 0.717) is 6.04 Å². The summed E-state index contributed by atoms with van der Waals surface area (Å²) in [5.41, 5.74) is 2.54. The summed E-state index contributed by atoms with van der Waals surface area (Å²) in [5, 5.41) is 10.3. The molecule has 5 nitrogen and oxygen atoms in total. The molecule has 0 radical (unpaired) electrons. The van der Waals surface area contributed by atoms with Gasteiger partial charge >= 0.3 is 0 Å². The maximum absolute atomic E-state index is 4.74. The Bertz CT molecular complexity index is 711. The van der Waals surface area contributed by atoms with Gasteiger partial charge in [0.05, 0.1) is 10.7 Å². The van der Waals surface area contributed by atoms with Crippen molar-refractivity contribution < 1.29 is 0 Å². The van der Waals surface area contributed by atoms with Crippen LogP contribution in [0.15, 0.2) is 40.7 Å². The number of aryl methyl sites for hydroxylation is 1. The van der Waals surface area contributed by atoms with E-state index in [9.17, 15) is 0 Å². The number of rotatable bonds is 7. The molecule has 0 saturated carbocycles. The second-order valence-corrected chi connectivity index (χ2v) is 8.11. The number of nitrogens with one attached hydrogen (secondary N) is 2. The van der Waals surface area contributed by atoms with Crippen molar-refractivity contribution in [1.82, 2.24) is 20.5 Å². The lowest BCUT2D eigenvalue weighted by atomic mass is 10.0. The first-order chi connectivity index (χ1) is 13.2. The molecule has 1 aromatic heterocycles. The highest BCUT2D eigenvalue weighted by Crippen LogP contribution is 2.14. The van der Waals surface area contributed by atoms with Crippen LogP contribution in [0.25, 0.3) is 0 Å². The zero-order chi connectivity index (χ0) is 18.9. The standard InChI is InChI=1S/C21H31N5S.HI/c1-3-22-21(23-12-9-20-16-27-17(2)24-20)25-19-10-13-26(14-11-19)15-18-7-5-4-6-8-18;/h4-8,16,19H,3,9-15H2,1-2H3,(H2,22,23,25);1H. The van der Waals surface area contributed by atoms with Gasteiger partial charge in [-0.25, -0.2) is 4.98 Å². The maximum Gasteiger partial charge on any atom is 0.191 e. The van der Waals surface area contributed by atoms with Gasteiger partial charge in [0.2, 0.25) is 0 Å². The molecule has 1 saturated heterocycles. The molecule has 3 rings (SSSR count). The molecule has 1 aromatic carbocycles. The summed E-state index contributed by atoms with van der Waals surface area (Å²) < 4.78 is 0. The predicted octanol–water partition coefficient (Wildman–Crippen LogP) is 3.83. The van der Waals surface area contributed by atoms with Gasteiger partial charge < -0.3 is 10.6 Å². The van der Waals surface area contributed by atoms with Crippen molar-refractivity contribution in [2.45, 2.75) is 45.7 Å². The molecule has 0 atom stereocenters. The molecule has 1 aliphatic heterocycles. The number of aromatic nitrogens is 1. The summed E-state index contributed by atoms with van der Waals surface area (Å²) in [7, 11) is 0. The van der Waals surface area contributed by atoms with Crippen LogP contribution < -0.4 is 10.6 Å². The van der Waals surface area contributed by atoms with E-state index in [2.05, 4.69) is 63.2 Å². The number of aliphatic imine (C=N–C) groups is 1. The van der Waals surface area contributed by atoms with Crippen LogP contribution in [-0.4, -0.2) is 48.1 Å². The van der Waals surface area contributed by atoms with Crippen LogP contribution in [0.4, 0.5) is 0 Å². The number of thiazole rings is 1. The third kappa shape index (κ3) is 7.67. The average Bonchev–Trinajstić information content (AvgIpc) is 3.09. The molecule has 1 aliphatic rings. The molecule has 0 spiro atoms. The zero-order valence-electron chi connectivity index (χ0n) is 16.9. The SMILES string of the molecule is CCNC(=NCCc1csc(C)n1)NC1CCN(Cc2ccccc2)CC1.I. The molecule has 2 N–H and O–H groups in total. The minimum Gasteiger partial charge on any atom is -0.357 e. The van der Waals surface area contributed by atoms with Crippen LogP contribution in [0.3, 0.4) is 0 Å². The van der Waals surface area contributed by atoms with Crippen molar-refractivity contribution >= 4 is 41.3 Å². The Morgan fingerprint density at radius 3 is 2.64 bits per heavy atom. The van der Waals surface area contributed by atoms with Gasteiger partial charge in [-0.15, -0.1) is 35.3 Å². The van der Waals surface area contributed by atoms with E-state index < -0.39 is 0 Å². The number of halogens is 1. The molecule has 0 amide bonds. The summed E-state index contributed by atoms with van der Waals surface area (Å²) >= 11 is 1.71. The first kappa shape index (κ1) is 23.1. The predicted molar refractivity (Wildman–Crippen MR) is 130 cm³/mol. The van der Waals surface area contributed by atoms with Crippen LogP contribution in [-0.2, 0) is 13.0 Å². The van der Waals surface area contributed by atoms with E-state index in [0.717, 1.165) is 68.6 Å². The zero-order valence-corrected chi connectivity index (χ0v) is 20.0. The fourth-order valence-corrected chi connectivity index (χ4v) is 4.04. The van der Waals surface area contributed by atoms with Gasteiger partial charge in [-0.1, -0.05) is 30.3 Å². The molecule has 2 heterocycles. The Balaban J connectivity index is 0.00000280. The van der Waals surface area contributed by atoms with Gasteiger partial charge in [0.25, 0.3) is 0 Å². The topological polar surface area (TPSA) is 52.6 Å². The van der Waals surface area contributed by atoms with Gasteiger partial charge in [0, 0.05) is 50.6 Å². The first-order valence-electron chi connectivity index (χ1n) is 9.95. The minimum atomic E-state index is 0. The lowest BCUT2D eigenvalue weighted by Gasteiger charge is -2.33. The Kier molecular flexibility index (Phi) is 10.2. The van der Waals surface area contributed by atoms with E-state index >= 15 is 0 Å². The van der Waals surface area contributed by atoms with E-state index in [1.165, 1.54) is 5.56 Å². The normalized spacial score (nSPS) is 15.9. The molecule has 7 heteroatoms. The van der Waals surface area contributed by atoms with Crippen molar-refractivity contribution in [2.24, 2.45) is 4.99 Å². The van der Waals surface area contributed by atoms with Crippen molar-refractivity contribution in [2.75, 3.05) is 26.2 Å². The average molecular weight is 513 g/mol. The van der Waals surface area contributed by atoms with Crippen LogP contribution in [0.1, 0.15) is 36.0 Å². The second kappa shape index (κ2) is 12.4. The smallest absolute Gasteiger partial charge is 0.191 e. The number of hydrogen-bond donors (Lipinski definition) is 2. The monoisotopic (exact) mass is 513 g/mol. The lowest BCUT2D eigenvalue weighted by molar-refractivity contribution is 0.198. The van der Waals surface area contributed by atoms with Gasteiger partial charge in [0.15, 0.2) is 5.96 Å². The van der Waals surface area contributed by atoms with Gasteiger partial charge in [-0.2, -0.15) is 0 Å². The molecular formula is C21H32IN5S. The number of hydrogen-bond acceptors (Lipinski definition) is 4. The Labute approximate surface area is 190 Å². The van der Waals surface area contributed by atoms with Crippen LogP contribution in [0.2, 0.25) is 0 Å². The molecule has 2 aromatic rings. The molecular weight excluding hydrogens is 481 g/mol. The summed E-state index contributed by atoms with van der Waals surface area (Å²) in [6.45, 7) is 9.12. The van der Waals surface area contributed by atoms with Crippen molar-refractivity contribution in [3.8, 4) is 0 Å². The van der Waals surface area contributed by atoms with E-state index in [1.54, 1.807) is 11.3 Å². The van der Waals surface area contributed by atoms with Crippen LogP contribution in [0.5, 0.6) is 0 Å². The minimum absolute atomic E-state index is 0. The lowest BCUT2D eigenvalue weighted by Crippen LogP contribution is -2.48. The van der Waals surface area contributed by atoms with E-state index in [4.69, 9.17) is 4.99 Å². The fraction of sp³-hybridized carbons (Fsp3) is 0.524. The number of guanidine groups is 1. The quantitative estimate of drug-likeness (QED) is 0.336. The van der Waals surface area contributed by atoms with Crippen molar-refractivity contribution in [1.29, 1.82) is 0 Å². The third-order valence-corrected chi connectivity index (χ3v) is 5.65. The van der Waals surface area contributed by atoms with Gasteiger partial charge in [0.1, 0.15) is 0 Å². The Morgan fingerprint density at radius 1 is 1.25 bits per heavy atom. The van der Waals surface area contributed by atoms with E-state index in [1.807, 2.05) is 6.92 Å². The fourth-order valence-electron chi connectivity index (χ4n) is 3.40. The molecule has 1 fully saturated rings. The number of piperidine rings is 1. The molecule has 28 heavy (non-hydrogen) atoms. The van der Waals surface area contributed by atoms with Gasteiger partial charge in [-0.05, 0) is 32.3 Å². The highest BCUT2D eigenvalue weighted by atomic mass is 127. The number of benzene rings is 1. The van der Waals surface area contributed by atoms with Crippen molar-refractivity contribution in [3.05, 3.63) is 52.0 Å². The first-order valence-corrected chi connectivity index (χ1v) is 10.8. The molecule has 0 unspecified atom stereocenters. The third-order valence-electron chi connectivity index (χ3n) is 4.83. The second-order valence-electron chi connectivity index (χ2n) is 7.05. The van der Waals surface area contributed by atoms with Gasteiger partial charge in [-0.3, -0.25) is 9.89 Å². The molecule has 154 valence electrons. The number of likely N-dealkylation sites (tertiary alicyclic amines) is 1. The summed E-state index contributed by atoms with van der Waals surface area (Å²) in [6, 6.07) is 11.2. The van der Waals surface area contributed by atoms with Crippen LogP contribution >= 0.6 is 35.3 Å². The summed E-state index contributed by atoms with van der Waals surface area (Å²) in [6.07, 6.45) is 3.21. The van der Waals surface area contributed by atoms with Crippen molar-refractivity contribution in [3.63, 3.8) is 0 Å². The summed E-state index contributed by atoms with van der Waals surface area (Å²) in [5.74, 6) is 0.936. The highest BCUT2D eigenvalue weighted by molar-refractivity contribution is 14.0. The molecule has 0 aliphatic carbocycles.